The van der Waals surface area contributed by atoms with Crippen molar-refractivity contribution >= 4 is 11.7 Å². The van der Waals surface area contributed by atoms with Crippen molar-refractivity contribution in [3.63, 3.8) is 0 Å². The summed E-state index contributed by atoms with van der Waals surface area (Å²) in [5.41, 5.74) is 1.12. The average molecular weight is 343 g/mol. The molecule has 1 atom stereocenters. The topological polar surface area (TPSA) is 65.5 Å². The molecule has 0 unspecified atom stereocenters. The van der Waals surface area contributed by atoms with Gasteiger partial charge in [-0.25, -0.2) is 9.37 Å². The van der Waals surface area contributed by atoms with Gasteiger partial charge in [0, 0.05) is 25.8 Å². The van der Waals surface area contributed by atoms with Gasteiger partial charge in [0.1, 0.15) is 11.6 Å². The van der Waals surface area contributed by atoms with Crippen molar-refractivity contribution in [2.24, 2.45) is 0 Å². The summed E-state index contributed by atoms with van der Waals surface area (Å²) in [4.78, 5) is 18.8. The van der Waals surface area contributed by atoms with Gasteiger partial charge in [-0.1, -0.05) is 12.1 Å². The summed E-state index contributed by atoms with van der Waals surface area (Å²) in [6.45, 7) is 1.72. The van der Waals surface area contributed by atoms with Gasteiger partial charge in [0.15, 0.2) is 0 Å². The SMILES string of the molecule is O=C(c1cccnc1NC[C@H](O)c1ccc(F)cc1)N1CCCCC1. The predicted molar refractivity (Wildman–Crippen MR) is 93.8 cm³/mol. The average Bonchev–Trinajstić information content (AvgIpc) is 2.67. The van der Waals surface area contributed by atoms with E-state index in [1.807, 2.05) is 4.90 Å². The minimum atomic E-state index is -0.819. The summed E-state index contributed by atoms with van der Waals surface area (Å²) in [5.74, 6) is 0.0776. The van der Waals surface area contributed by atoms with Crippen LogP contribution >= 0.6 is 0 Å². The summed E-state index contributed by atoms with van der Waals surface area (Å²) in [6, 6.07) is 9.18. The van der Waals surface area contributed by atoms with Crippen LogP contribution in [0.3, 0.4) is 0 Å². The Hall–Kier alpha value is -2.47. The molecule has 0 saturated carbocycles. The molecular formula is C19H22FN3O2. The van der Waals surface area contributed by atoms with Gasteiger partial charge in [-0.15, -0.1) is 0 Å². The van der Waals surface area contributed by atoms with Crippen molar-refractivity contribution in [2.45, 2.75) is 25.4 Å². The molecule has 0 spiro atoms. The molecule has 1 aliphatic heterocycles. The number of nitrogens with zero attached hydrogens (tertiary/aromatic N) is 2. The van der Waals surface area contributed by atoms with Gasteiger partial charge in [0.2, 0.25) is 0 Å². The molecule has 0 radical (unpaired) electrons. The highest BCUT2D eigenvalue weighted by Gasteiger charge is 2.21. The number of aliphatic hydroxyl groups is 1. The van der Waals surface area contributed by atoms with E-state index in [0.29, 0.717) is 16.9 Å². The van der Waals surface area contributed by atoms with Crippen LogP contribution in [0.1, 0.15) is 41.3 Å². The number of piperidine rings is 1. The first-order valence-corrected chi connectivity index (χ1v) is 8.57. The fraction of sp³-hybridized carbons (Fsp3) is 0.368. The van der Waals surface area contributed by atoms with Crippen LogP contribution in [0.5, 0.6) is 0 Å². The fourth-order valence-corrected chi connectivity index (χ4v) is 2.98. The molecule has 1 aromatic heterocycles. The molecule has 1 aromatic carbocycles. The van der Waals surface area contributed by atoms with E-state index in [1.54, 1.807) is 30.5 Å². The quantitative estimate of drug-likeness (QED) is 0.876. The molecule has 2 heterocycles. The largest absolute Gasteiger partial charge is 0.387 e. The summed E-state index contributed by atoms with van der Waals surface area (Å²) < 4.78 is 13.0. The summed E-state index contributed by atoms with van der Waals surface area (Å²) in [7, 11) is 0. The number of anilines is 1. The van der Waals surface area contributed by atoms with Crippen LogP contribution < -0.4 is 5.32 Å². The molecule has 1 aliphatic rings. The Labute approximate surface area is 146 Å². The Bertz CT molecular complexity index is 715. The second-order valence-electron chi connectivity index (χ2n) is 6.20. The smallest absolute Gasteiger partial charge is 0.257 e. The standard InChI is InChI=1S/C19H22FN3O2/c20-15-8-6-14(7-9-15)17(24)13-22-18-16(5-4-10-21-18)19(25)23-11-2-1-3-12-23/h4-10,17,24H,1-3,11-13H2,(H,21,22)/t17-/m0/s1. The number of nitrogens with one attached hydrogen (secondary N) is 1. The van der Waals surface area contributed by atoms with E-state index >= 15 is 0 Å². The lowest BCUT2D eigenvalue weighted by Crippen LogP contribution is -2.36. The van der Waals surface area contributed by atoms with E-state index < -0.39 is 6.10 Å². The number of hydrogen-bond acceptors (Lipinski definition) is 4. The van der Waals surface area contributed by atoms with Crippen molar-refractivity contribution in [1.29, 1.82) is 0 Å². The van der Waals surface area contributed by atoms with Crippen LogP contribution in [0, 0.1) is 5.82 Å². The fourth-order valence-electron chi connectivity index (χ4n) is 2.98. The lowest BCUT2D eigenvalue weighted by Gasteiger charge is -2.27. The Morgan fingerprint density at radius 1 is 1.20 bits per heavy atom. The third kappa shape index (κ3) is 4.33. The van der Waals surface area contributed by atoms with E-state index in [2.05, 4.69) is 10.3 Å². The van der Waals surface area contributed by atoms with Gasteiger partial charge in [-0.2, -0.15) is 0 Å². The number of rotatable bonds is 5. The maximum absolute atomic E-state index is 13.0. The highest BCUT2D eigenvalue weighted by Crippen LogP contribution is 2.20. The second kappa shape index (κ2) is 8.07. The first-order chi connectivity index (χ1) is 12.1. The van der Waals surface area contributed by atoms with Gasteiger partial charge in [-0.05, 0) is 49.1 Å². The maximum Gasteiger partial charge on any atom is 0.257 e. The van der Waals surface area contributed by atoms with Gasteiger partial charge in [-0.3, -0.25) is 4.79 Å². The molecule has 3 rings (SSSR count). The number of carbonyl (C=O) groups is 1. The second-order valence-corrected chi connectivity index (χ2v) is 6.20. The van der Waals surface area contributed by atoms with E-state index in [0.717, 1.165) is 32.4 Å². The Balaban J connectivity index is 1.68. The number of benzene rings is 1. The number of amides is 1. The molecule has 0 aliphatic carbocycles. The number of likely N-dealkylation sites (tertiary alicyclic amines) is 1. The Morgan fingerprint density at radius 3 is 2.64 bits per heavy atom. The zero-order valence-electron chi connectivity index (χ0n) is 14.0. The van der Waals surface area contributed by atoms with Gasteiger partial charge in [0.25, 0.3) is 5.91 Å². The third-order valence-electron chi connectivity index (χ3n) is 4.40. The van der Waals surface area contributed by atoms with Crippen LogP contribution in [0.2, 0.25) is 0 Å². The molecular weight excluding hydrogens is 321 g/mol. The third-order valence-corrected chi connectivity index (χ3v) is 4.40. The number of halogens is 1. The van der Waals surface area contributed by atoms with Crippen LogP contribution in [-0.2, 0) is 0 Å². The molecule has 6 heteroatoms. The summed E-state index contributed by atoms with van der Waals surface area (Å²) in [5, 5.41) is 13.3. The molecule has 1 fully saturated rings. The minimum absolute atomic E-state index is 0.0356. The maximum atomic E-state index is 13.0. The van der Waals surface area contributed by atoms with Crippen molar-refractivity contribution in [3.05, 3.63) is 59.5 Å². The van der Waals surface area contributed by atoms with Crippen molar-refractivity contribution in [1.82, 2.24) is 9.88 Å². The first kappa shape index (κ1) is 17.4. The lowest BCUT2D eigenvalue weighted by molar-refractivity contribution is 0.0724. The monoisotopic (exact) mass is 343 g/mol. The van der Waals surface area contributed by atoms with Crippen LogP contribution in [0.15, 0.2) is 42.6 Å². The number of aromatic nitrogens is 1. The predicted octanol–water partition coefficient (Wildman–Crippen LogP) is 2.99. The molecule has 132 valence electrons. The molecule has 2 N–H and O–H groups in total. The van der Waals surface area contributed by atoms with E-state index in [1.165, 1.54) is 12.1 Å². The van der Waals surface area contributed by atoms with Gasteiger partial charge < -0.3 is 15.3 Å². The molecule has 2 aromatic rings. The van der Waals surface area contributed by atoms with E-state index in [9.17, 15) is 14.3 Å². The van der Waals surface area contributed by atoms with Crippen molar-refractivity contribution in [2.75, 3.05) is 25.0 Å². The normalized spacial score (nSPS) is 15.7. The zero-order chi connectivity index (χ0) is 17.6. The molecule has 5 nitrogen and oxygen atoms in total. The first-order valence-electron chi connectivity index (χ1n) is 8.57. The highest BCUT2D eigenvalue weighted by molar-refractivity contribution is 5.98. The number of aliphatic hydroxyl groups excluding tert-OH is 1. The van der Waals surface area contributed by atoms with Crippen LogP contribution in [0.4, 0.5) is 10.2 Å². The summed E-state index contributed by atoms with van der Waals surface area (Å²) >= 11 is 0. The number of carbonyl (C=O) groups excluding carboxylic acids is 1. The summed E-state index contributed by atoms with van der Waals surface area (Å²) in [6.07, 6.45) is 4.00. The van der Waals surface area contributed by atoms with Gasteiger partial charge >= 0.3 is 0 Å². The van der Waals surface area contributed by atoms with Crippen LogP contribution in [0.25, 0.3) is 0 Å². The highest BCUT2D eigenvalue weighted by atomic mass is 19.1. The lowest BCUT2D eigenvalue weighted by atomic mass is 10.1. The zero-order valence-corrected chi connectivity index (χ0v) is 14.0. The van der Waals surface area contributed by atoms with Crippen molar-refractivity contribution in [3.8, 4) is 0 Å². The van der Waals surface area contributed by atoms with E-state index in [4.69, 9.17) is 0 Å². The number of hydrogen-bond donors (Lipinski definition) is 2. The van der Waals surface area contributed by atoms with Gasteiger partial charge in [0.05, 0.1) is 11.7 Å². The molecule has 25 heavy (non-hydrogen) atoms. The number of pyridine rings is 1. The van der Waals surface area contributed by atoms with E-state index in [-0.39, 0.29) is 18.3 Å². The molecule has 1 saturated heterocycles. The van der Waals surface area contributed by atoms with Crippen molar-refractivity contribution < 1.29 is 14.3 Å². The Kier molecular flexibility index (Phi) is 5.60. The Morgan fingerprint density at radius 2 is 1.92 bits per heavy atom. The molecule has 1 amide bonds. The van der Waals surface area contributed by atoms with Crippen LogP contribution in [-0.4, -0.2) is 40.5 Å². The molecule has 0 bridgehead atoms. The minimum Gasteiger partial charge on any atom is -0.387 e.